The van der Waals surface area contributed by atoms with Crippen molar-refractivity contribution < 1.29 is 28.5 Å². The summed E-state index contributed by atoms with van der Waals surface area (Å²) in [5, 5.41) is 5.13. The van der Waals surface area contributed by atoms with Crippen LogP contribution in [0.3, 0.4) is 0 Å². The maximum absolute atomic E-state index is 12.4. The van der Waals surface area contributed by atoms with Crippen LogP contribution >= 0.6 is 11.3 Å². The summed E-state index contributed by atoms with van der Waals surface area (Å²) in [5.74, 6) is 1.15. The number of aryl methyl sites for hydroxylation is 2. The van der Waals surface area contributed by atoms with Gasteiger partial charge in [-0.1, -0.05) is 0 Å². The minimum absolute atomic E-state index is 0.190. The maximum atomic E-state index is 12.4. The molecule has 256 valence electrons. The lowest BCUT2D eigenvalue weighted by Crippen LogP contribution is -2.23. The fraction of sp³-hybridized carbons (Fsp3) is 0.447. The molecule has 0 amide bonds. The summed E-state index contributed by atoms with van der Waals surface area (Å²) in [6.07, 6.45) is 4.10. The summed E-state index contributed by atoms with van der Waals surface area (Å²) in [6.45, 7) is 14.7. The van der Waals surface area contributed by atoms with Crippen LogP contribution in [-0.2, 0) is 32.2 Å². The van der Waals surface area contributed by atoms with E-state index < -0.39 is 11.2 Å². The highest BCUT2D eigenvalue weighted by molar-refractivity contribution is 7.13. The fourth-order valence-corrected chi connectivity index (χ4v) is 6.86. The van der Waals surface area contributed by atoms with Crippen molar-refractivity contribution in [1.82, 2.24) is 14.1 Å². The molecule has 0 saturated heterocycles. The molecule has 0 aliphatic rings. The van der Waals surface area contributed by atoms with E-state index in [2.05, 4.69) is 45.8 Å². The number of hydrogen-bond donors (Lipinski definition) is 0. The molecule has 9 nitrogen and oxygen atoms in total. The Labute approximate surface area is 286 Å². The predicted octanol–water partition coefficient (Wildman–Crippen LogP) is 8.96. The van der Waals surface area contributed by atoms with E-state index in [9.17, 15) is 9.59 Å². The Morgan fingerprint density at radius 1 is 0.792 bits per heavy atom. The number of rotatable bonds is 12. The van der Waals surface area contributed by atoms with Gasteiger partial charge < -0.3 is 28.1 Å². The topological polar surface area (TPSA) is 93.8 Å². The van der Waals surface area contributed by atoms with Gasteiger partial charge in [0.1, 0.15) is 27.7 Å². The summed E-state index contributed by atoms with van der Waals surface area (Å²) in [7, 11) is 3.33. The van der Waals surface area contributed by atoms with Gasteiger partial charge in [-0.3, -0.25) is 9.59 Å². The Bertz CT molecular complexity index is 1940. The van der Waals surface area contributed by atoms with Crippen LogP contribution in [0.25, 0.3) is 43.6 Å². The lowest BCUT2D eigenvalue weighted by Gasteiger charge is -2.19. The monoisotopic (exact) mass is 673 g/mol. The van der Waals surface area contributed by atoms with E-state index in [0.717, 1.165) is 60.8 Å². The van der Waals surface area contributed by atoms with Gasteiger partial charge in [-0.15, -0.1) is 11.3 Å². The van der Waals surface area contributed by atoms with Gasteiger partial charge in [0.25, 0.3) is 0 Å². The Balaban J connectivity index is 1.47. The molecule has 5 aromatic rings. The van der Waals surface area contributed by atoms with E-state index in [1.165, 1.54) is 0 Å². The third-order valence-electron chi connectivity index (χ3n) is 7.99. The standard InChI is InChI=1S/C38H47N3O6S/c1-24-35(28-20-25(44-8)15-17-31(28)41(24)19-11-13-34(43)47-38(5,6)7)30-23-48-36(39-30)29-22-40(18-10-12-33(42)46-37(2,3)4)32-21-26(45-9)14-16-27(29)32/h14-17,20-23H,10-13,18-19H2,1-9H3. The lowest BCUT2D eigenvalue weighted by molar-refractivity contribution is -0.156. The molecular formula is C38H47N3O6S. The van der Waals surface area contributed by atoms with E-state index in [4.69, 9.17) is 23.9 Å². The average molecular weight is 674 g/mol. The van der Waals surface area contributed by atoms with Crippen molar-refractivity contribution in [3.05, 3.63) is 53.7 Å². The van der Waals surface area contributed by atoms with E-state index in [0.29, 0.717) is 38.8 Å². The predicted molar refractivity (Wildman–Crippen MR) is 192 cm³/mol. The zero-order valence-corrected chi connectivity index (χ0v) is 30.4. The van der Waals surface area contributed by atoms with E-state index in [1.54, 1.807) is 25.6 Å². The van der Waals surface area contributed by atoms with E-state index >= 15 is 0 Å². The van der Waals surface area contributed by atoms with Crippen LogP contribution in [0.5, 0.6) is 11.5 Å². The van der Waals surface area contributed by atoms with Crippen molar-refractivity contribution in [2.24, 2.45) is 0 Å². The zero-order chi connectivity index (χ0) is 34.8. The first-order chi connectivity index (χ1) is 22.7. The lowest BCUT2D eigenvalue weighted by atomic mass is 10.1. The first-order valence-electron chi connectivity index (χ1n) is 16.4. The maximum Gasteiger partial charge on any atom is 0.306 e. The Hall–Kier alpha value is -4.31. The number of nitrogens with zero attached hydrogens (tertiary/aromatic N) is 3. The second-order valence-corrected chi connectivity index (χ2v) is 14.9. The van der Waals surface area contributed by atoms with Crippen LogP contribution in [-0.4, -0.2) is 51.5 Å². The number of aromatic nitrogens is 3. The summed E-state index contributed by atoms with van der Waals surface area (Å²) < 4.78 is 26.6. The number of hydrogen-bond acceptors (Lipinski definition) is 8. The summed E-state index contributed by atoms with van der Waals surface area (Å²) >= 11 is 1.60. The highest BCUT2D eigenvalue weighted by Gasteiger charge is 2.22. The van der Waals surface area contributed by atoms with Crippen molar-refractivity contribution in [1.29, 1.82) is 0 Å². The Kier molecular flexibility index (Phi) is 10.2. The van der Waals surface area contributed by atoms with Crippen molar-refractivity contribution in [3.63, 3.8) is 0 Å². The molecule has 0 fully saturated rings. The molecule has 0 saturated carbocycles. The molecule has 0 atom stereocenters. The van der Waals surface area contributed by atoms with Crippen molar-refractivity contribution in [2.45, 2.75) is 98.4 Å². The van der Waals surface area contributed by atoms with E-state index in [1.807, 2.05) is 59.7 Å². The molecule has 3 heterocycles. The van der Waals surface area contributed by atoms with Gasteiger partial charge >= 0.3 is 11.9 Å². The minimum Gasteiger partial charge on any atom is -0.497 e. The molecule has 0 unspecified atom stereocenters. The first kappa shape index (κ1) is 35.0. The molecule has 0 N–H and O–H groups in total. The molecule has 0 spiro atoms. The van der Waals surface area contributed by atoms with Gasteiger partial charge in [-0.25, -0.2) is 4.98 Å². The van der Waals surface area contributed by atoms with Crippen molar-refractivity contribution >= 4 is 45.1 Å². The molecule has 0 bridgehead atoms. The highest BCUT2D eigenvalue weighted by atomic mass is 32.1. The largest absolute Gasteiger partial charge is 0.497 e. The number of ether oxygens (including phenoxy) is 4. The Morgan fingerprint density at radius 3 is 2.02 bits per heavy atom. The second kappa shape index (κ2) is 14.0. The molecule has 3 aromatic heterocycles. The average Bonchev–Trinajstić information content (AvgIpc) is 3.69. The smallest absolute Gasteiger partial charge is 0.306 e. The van der Waals surface area contributed by atoms with Crippen LogP contribution in [0, 0.1) is 6.92 Å². The summed E-state index contributed by atoms with van der Waals surface area (Å²) in [5.41, 5.74) is 5.12. The third kappa shape index (κ3) is 8.03. The number of methoxy groups -OCH3 is 2. The molecule has 0 radical (unpaired) electrons. The van der Waals surface area contributed by atoms with Crippen LogP contribution in [0.1, 0.15) is 72.9 Å². The zero-order valence-electron chi connectivity index (χ0n) is 29.6. The first-order valence-corrected chi connectivity index (χ1v) is 17.3. The molecule has 0 aliphatic carbocycles. The number of carbonyl (C=O) groups excluding carboxylic acids is 2. The molecule has 10 heteroatoms. The fourth-order valence-electron chi connectivity index (χ4n) is 6.03. The molecule has 5 rings (SSSR count). The van der Waals surface area contributed by atoms with Gasteiger partial charge in [-0.2, -0.15) is 0 Å². The van der Waals surface area contributed by atoms with Gasteiger partial charge in [0.15, 0.2) is 0 Å². The van der Waals surface area contributed by atoms with Crippen LogP contribution in [0.15, 0.2) is 48.0 Å². The van der Waals surface area contributed by atoms with Gasteiger partial charge in [-0.05, 0) is 91.6 Å². The molecule has 48 heavy (non-hydrogen) atoms. The van der Waals surface area contributed by atoms with Gasteiger partial charge in [0.2, 0.25) is 0 Å². The number of thiazole rings is 1. The minimum atomic E-state index is -0.504. The molecule has 0 aliphatic heterocycles. The van der Waals surface area contributed by atoms with Crippen molar-refractivity contribution in [2.75, 3.05) is 14.2 Å². The van der Waals surface area contributed by atoms with Crippen LogP contribution in [0.4, 0.5) is 0 Å². The SMILES string of the molecule is COc1ccc2c(c1)c(-c1csc(-c3cn(CCCC(=O)OC(C)(C)C)c4cc(OC)ccc34)n1)c(C)n2CCCC(=O)OC(C)(C)C. The van der Waals surface area contributed by atoms with Crippen molar-refractivity contribution in [3.8, 4) is 33.3 Å². The van der Waals surface area contributed by atoms with Gasteiger partial charge in [0, 0.05) is 76.7 Å². The molecule has 2 aromatic carbocycles. The summed E-state index contributed by atoms with van der Waals surface area (Å²) in [6, 6.07) is 12.2. The number of benzene rings is 2. The van der Waals surface area contributed by atoms with E-state index in [-0.39, 0.29) is 11.9 Å². The third-order valence-corrected chi connectivity index (χ3v) is 8.87. The normalized spacial score (nSPS) is 12.1. The van der Waals surface area contributed by atoms with Gasteiger partial charge in [0.05, 0.1) is 25.4 Å². The molecular weight excluding hydrogens is 627 g/mol. The second-order valence-electron chi connectivity index (χ2n) is 14.0. The summed E-state index contributed by atoms with van der Waals surface area (Å²) in [4.78, 5) is 30.0. The number of fused-ring (bicyclic) bond motifs is 2. The van der Waals surface area contributed by atoms with Crippen LogP contribution in [0.2, 0.25) is 0 Å². The highest BCUT2D eigenvalue weighted by Crippen LogP contribution is 2.41. The van der Waals surface area contributed by atoms with Crippen LogP contribution < -0.4 is 9.47 Å². The number of esters is 2. The quantitative estimate of drug-likeness (QED) is 0.122. The Morgan fingerprint density at radius 2 is 1.40 bits per heavy atom. The number of carbonyl (C=O) groups is 2.